The molecule has 1 aromatic heterocycles. The van der Waals surface area contributed by atoms with Gasteiger partial charge in [-0.25, -0.2) is 0 Å². The Morgan fingerprint density at radius 3 is 1.49 bits per heavy atom. The van der Waals surface area contributed by atoms with Crippen molar-refractivity contribution < 1.29 is 4.42 Å². The summed E-state index contributed by atoms with van der Waals surface area (Å²) in [6.45, 7) is 0. The lowest BCUT2D eigenvalue weighted by molar-refractivity contribution is 0.669. The molecule has 0 saturated carbocycles. The van der Waals surface area contributed by atoms with Crippen molar-refractivity contribution in [1.82, 2.24) is 0 Å². The summed E-state index contributed by atoms with van der Waals surface area (Å²) in [5, 5.41) is 9.66. The third-order valence-electron chi connectivity index (χ3n) is 11.2. The van der Waals surface area contributed by atoms with Crippen LogP contribution >= 0.6 is 0 Å². The van der Waals surface area contributed by atoms with Crippen LogP contribution in [0.5, 0.6) is 0 Å². The van der Waals surface area contributed by atoms with Crippen LogP contribution in [0.2, 0.25) is 0 Å². The molecule has 0 saturated heterocycles. The van der Waals surface area contributed by atoms with E-state index in [1.807, 2.05) is 0 Å². The van der Waals surface area contributed by atoms with Crippen LogP contribution in [0.1, 0.15) is 0 Å². The number of hydrogen-bond donors (Lipinski definition) is 0. The quantitative estimate of drug-likeness (QED) is 0.163. The summed E-state index contributed by atoms with van der Waals surface area (Å²) in [5.74, 6) is 0. The number of rotatable bonds is 5. The van der Waals surface area contributed by atoms with E-state index >= 15 is 0 Å². The summed E-state index contributed by atoms with van der Waals surface area (Å²) in [5.41, 5.74) is 13.7. The smallest absolute Gasteiger partial charge is 0.136 e. The van der Waals surface area contributed by atoms with Gasteiger partial charge in [0.2, 0.25) is 0 Å². The largest absolute Gasteiger partial charge is 0.456 e. The van der Waals surface area contributed by atoms with Gasteiger partial charge in [-0.15, -0.1) is 0 Å². The van der Waals surface area contributed by atoms with Gasteiger partial charge in [-0.3, -0.25) is 0 Å². The molecule has 256 valence electrons. The van der Waals surface area contributed by atoms with Crippen molar-refractivity contribution in [3.63, 3.8) is 0 Å². The Balaban J connectivity index is 1.22. The summed E-state index contributed by atoms with van der Waals surface area (Å²) in [6, 6.07) is 74.7. The van der Waals surface area contributed by atoms with Crippen LogP contribution in [0.4, 0.5) is 0 Å². The molecule has 11 rings (SSSR count). The van der Waals surface area contributed by atoms with Crippen molar-refractivity contribution in [3.8, 4) is 55.6 Å². The molecule has 1 heteroatoms. The fourth-order valence-corrected chi connectivity index (χ4v) is 8.76. The zero-order chi connectivity index (χ0) is 36.3. The summed E-state index contributed by atoms with van der Waals surface area (Å²) >= 11 is 0. The van der Waals surface area contributed by atoms with Gasteiger partial charge in [-0.05, 0) is 113 Å². The first-order valence-electron chi connectivity index (χ1n) is 18.9. The van der Waals surface area contributed by atoms with E-state index in [4.69, 9.17) is 4.42 Å². The molecule has 0 radical (unpaired) electrons. The Morgan fingerprint density at radius 1 is 0.255 bits per heavy atom. The number of fused-ring (bicyclic) bond motifs is 6. The van der Waals surface area contributed by atoms with Crippen LogP contribution in [0.25, 0.3) is 110 Å². The Morgan fingerprint density at radius 2 is 0.782 bits per heavy atom. The van der Waals surface area contributed by atoms with Gasteiger partial charge in [0.25, 0.3) is 0 Å². The highest BCUT2D eigenvalue weighted by Gasteiger charge is 2.21. The van der Waals surface area contributed by atoms with Gasteiger partial charge in [0.05, 0.1) is 0 Å². The zero-order valence-corrected chi connectivity index (χ0v) is 30.0. The minimum Gasteiger partial charge on any atom is -0.456 e. The lowest BCUT2D eigenvalue weighted by Gasteiger charge is -2.18. The zero-order valence-electron chi connectivity index (χ0n) is 30.0. The maximum atomic E-state index is 6.73. The molecule has 0 aliphatic rings. The molecular formula is C54H34O. The molecule has 0 unspecified atom stereocenters. The molecule has 11 aromatic rings. The fraction of sp³-hybridized carbons (Fsp3) is 0. The van der Waals surface area contributed by atoms with Crippen LogP contribution in [0, 0.1) is 0 Å². The number of benzene rings is 10. The first kappa shape index (κ1) is 31.3. The molecular weight excluding hydrogens is 665 g/mol. The van der Waals surface area contributed by atoms with Crippen LogP contribution < -0.4 is 0 Å². The maximum Gasteiger partial charge on any atom is 0.136 e. The molecule has 0 atom stereocenters. The van der Waals surface area contributed by atoms with E-state index in [1.54, 1.807) is 0 Å². The van der Waals surface area contributed by atoms with Crippen molar-refractivity contribution in [2.24, 2.45) is 0 Å². The van der Waals surface area contributed by atoms with Crippen molar-refractivity contribution in [3.05, 3.63) is 206 Å². The molecule has 0 bridgehead atoms. The van der Waals surface area contributed by atoms with Gasteiger partial charge in [0, 0.05) is 16.3 Å². The van der Waals surface area contributed by atoms with Gasteiger partial charge in [0.1, 0.15) is 11.2 Å². The first-order valence-corrected chi connectivity index (χ1v) is 18.9. The van der Waals surface area contributed by atoms with Crippen LogP contribution in [-0.4, -0.2) is 0 Å². The maximum absolute atomic E-state index is 6.73. The Bertz CT molecular complexity index is 3190. The number of hydrogen-bond acceptors (Lipinski definition) is 1. The van der Waals surface area contributed by atoms with E-state index in [2.05, 4.69) is 206 Å². The summed E-state index contributed by atoms with van der Waals surface area (Å²) in [7, 11) is 0. The van der Waals surface area contributed by atoms with Gasteiger partial charge >= 0.3 is 0 Å². The standard InChI is InChI=1S/C54H34O/c1-3-14-35(15-4-1)39-20-13-21-41(33-39)53-43(40-27-26-36-16-7-8-19-38(36)32-40)29-31-50-54(53)48-34-42(28-30-49(48)55-50)52-46-24-11-9-22-44(46)51(37-17-5-2-6-18-37)45-23-10-12-25-47(45)52/h1-34H. The average Bonchev–Trinajstić information content (AvgIpc) is 3.63. The van der Waals surface area contributed by atoms with Crippen molar-refractivity contribution in [2.45, 2.75) is 0 Å². The fourth-order valence-electron chi connectivity index (χ4n) is 8.76. The third kappa shape index (κ3) is 5.16. The van der Waals surface area contributed by atoms with Crippen molar-refractivity contribution in [2.75, 3.05) is 0 Å². The highest BCUT2D eigenvalue weighted by atomic mass is 16.3. The summed E-state index contributed by atoms with van der Waals surface area (Å²) in [4.78, 5) is 0. The summed E-state index contributed by atoms with van der Waals surface area (Å²) < 4.78 is 6.73. The first-order chi connectivity index (χ1) is 27.3. The molecule has 55 heavy (non-hydrogen) atoms. The van der Waals surface area contributed by atoms with E-state index in [0.29, 0.717) is 0 Å². The minimum absolute atomic E-state index is 0.879. The lowest BCUT2D eigenvalue weighted by atomic mass is 9.85. The van der Waals surface area contributed by atoms with Crippen LogP contribution in [0.3, 0.4) is 0 Å². The molecule has 10 aromatic carbocycles. The minimum atomic E-state index is 0.879. The third-order valence-corrected chi connectivity index (χ3v) is 11.2. The Hall–Kier alpha value is -7.22. The van der Waals surface area contributed by atoms with E-state index < -0.39 is 0 Å². The average molecular weight is 699 g/mol. The molecule has 0 amide bonds. The highest BCUT2D eigenvalue weighted by molar-refractivity contribution is 6.23. The van der Waals surface area contributed by atoms with Crippen molar-refractivity contribution in [1.29, 1.82) is 0 Å². The van der Waals surface area contributed by atoms with E-state index in [1.165, 1.54) is 82.4 Å². The van der Waals surface area contributed by atoms with Crippen molar-refractivity contribution >= 4 is 54.3 Å². The molecule has 0 fully saturated rings. The van der Waals surface area contributed by atoms with E-state index in [9.17, 15) is 0 Å². The van der Waals surface area contributed by atoms with E-state index in [-0.39, 0.29) is 0 Å². The monoisotopic (exact) mass is 698 g/mol. The Kier molecular flexibility index (Phi) is 7.25. The van der Waals surface area contributed by atoms with Crippen LogP contribution in [0.15, 0.2) is 211 Å². The lowest BCUT2D eigenvalue weighted by Crippen LogP contribution is -1.91. The van der Waals surface area contributed by atoms with E-state index in [0.717, 1.165) is 27.5 Å². The SMILES string of the molecule is c1ccc(-c2cccc(-c3c(-c4ccc5ccccc5c4)ccc4oc5ccc(-c6c7ccccc7c(-c7ccccc7)c7ccccc67)cc5c34)c2)cc1. The predicted octanol–water partition coefficient (Wildman–Crippen LogP) is 15.4. The van der Waals surface area contributed by atoms with Gasteiger partial charge < -0.3 is 4.42 Å². The normalized spacial score (nSPS) is 11.6. The molecule has 0 aliphatic carbocycles. The highest BCUT2D eigenvalue weighted by Crippen LogP contribution is 2.47. The predicted molar refractivity (Wildman–Crippen MR) is 233 cm³/mol. The topological polar surface area (TPSA) is 13.1 Å². The molecule has 0 spiro atoms. The second kappa shape index (κ2) is 12.7. The van der Waals surface area contributed by atoms with Gasteiger partial charge in [0.15, 0.2) is 0 Å². The molecule has 1 heterocycles. The number of furan rings is 1. The van der Waals surface area contributed by atoms with Gasteiger partial charge in [-0.1, -0.05) is 176 Å². The van der Waals surface area contributed by atoms with Crippen LogP contribution in [-0.2, 0) is 0 Å². The second-order valence-corrected chi connectivity index (χ2v) is 14.4. The summed E-state index contributed by atoms with van der Waals surface area (Å²) in [6.07, 6.45) is 0. The molecule has 0 aliphatic heterocycles. The van der Waals surface area contributed by atoms with Gasteiger partial charge in [-0.2, -0.15) is 0 Å². The second-order valence-electron chi connectivity index (χ2n) is 14.4. The molecule has 1 nitrogen and oxygen atoms in total. The Labute approximate surface area is 319 Å². The molecule has 0 N–H and O–H groups in total.